The Morgan fingerprint density at radius 2 is 1.04 bits per heavy atom. The van der Waals surface area contributed by atoms with Gasteiger partial charge in [-0.2, -0.15) is 5.10 Å². The van der Waals surface area contributed by atoms with Crippen molar-refractivity contribution in [3.63, 3.8) is 0 Å². The Hall–Kier alpha value is -9.76. The summed E-state index contributed by atoms with van der Waals surface area (Å²) in [6, 6.07) is 49.6. The highest BCUT2D eigenvalue weighted by atomic mass is 16.6. The zero-order valence-electron chi connectivity index (χ0n) is 48.0. The minimum absolute atomic E-state index is 0.186. The lowest BCUT2D eigenvalue weighted by Gasteiger charge is -2.20. The molecule has 0 aliphatic carbocycles. The van der Waals surface area contributed by atoms with Crippen LogP contribution in [0.3, 0.4) is 0 Å². The van der Waals surface area contributed by atoms with Crippen molar-refractivity contribution in [1.82, 2.24) is 15.4 Å². The van der Waals surface area contributed by atoms with E-state index in [9.17, 15) is 14.4 Å². The van der Waals surface area contributed by atoms with Crippen LogP contribution in [0.1, 0.15) is 120 Å². The second-order valence-corrected chi connectivity index (χ2v) is 21.2. The summed E-state index contributed by atoms with van der Waals surface area (Å²) in [5.41, 5.74) is 17.9. The van der Waals surface area contributed by atoms with Crippen molar-refractivity contribution in [1.29, 1.82) is 0 Å². The first-order valence-corrected chi connectivity index (χ1v) is 27.1. The molecule has 0 radical (unpaired) electrons. The standard InChI is InChI=1S/C35H34N4O3.C32H36N4O4/c1-23(2)31-16-15-28(17-24(31)3)38-35(40)26-10-8-12-30(19-26)42-22-27-21-36-34(33-14-6-5-13-32(27)33)39-37-20-25-9-7-11-29(18-25)41-4;1-20(2)26-15-14-24(16-21(26)3)34-30(37)22-10-9-11-25(17-22)39-19-23-18-33-29(28-13-8-7-12-27(23)28)35-36-31(38)40-32(4,5)6/h5-21,23H,22H2,1-4H3,(H,36,39)(H,38,40);7-18,20H,19H2,1-6H3,(H,33,35)(H,34,37)(H,36,38)/b37-20+;. The van der Waals surface area contributed by atoms with Crippen LogP contribution in [0.4, 0.5) is 27.8 Å². The minimum atomic E-state index is -0.613. The van der Waals surface area contributed by atoms with Crippen LogP contribution >= 0.6 is 0 Å². The molecule has 0 bridgehead atoms. The predicted octanol–water partition coefficient (Wildman–Crippen LogP) is 15.3. The van der Waals surface area contributed by atoms with Gasteiger partial charge in [-0.1, -0.05) is 113 Å². The fourth-order valence-corrected chi connectivity index (χ4v) is 9.21. The van der Waals surface area contributed by atoms with Crippen molar-refractivity contribution in [2.45, 2.75) is 93.0 Å². The second kappa shape index (κ2) is 26.9. The summed E-state index contributed by atoms with van der Waals surface area (Å²) in [6.07, 6.45) is 4.60. The molecule has 0 saturated heterocycles. The molecule has 82 heavy (non-hydrogen) atoms. The number of benzene rings is 7. The number of amides is 3. The maximum Gasteiger partial charge on any atom is 0.426 e. The molecule has 420 valence electrons. The quantitative estimate of drug-likeness (QED) is 0.0407. The topological polar surface area (TPSA) is 186 Å². The zero-order valence-corrected chi connectivity index (χ0v) is 48.0. The molecule has 0 saturated carbocycles. The van der Waals surface area contributed by atoms with Crippen LogP contribution < -0.4 is 41.1 Å². The number of nitrogens with zero attached hydrogens (tertiary/aromatic N) is 3. The minimum Gasteiger partial charge on any atom is -0.497 e. The van der Waals surface area contributed by atoms with Gasteiger partial charge in [-0.25, -0.2) is 20.2 Å². The van der Waals surface area contributed by atoms with Gasteiger partial charge in [0, 0.05) is 56.8 Å². The lowest BCUT2D eigenvalue weighted by atomic mass is 9.97. The molecule has 0 spiro atoms. The zero-order chi connectivity index (χ0) is 58.3. The summed E-state index contributed by atoms with van der Waals surface area (Å²) in [7, 11) is 1.64. The van der Waals surface area contributed by atoms with E-state index in [4.69, 9.17) is 18.9 Å². The molecule has 0 aliphatic heterocycles. The van der Waals surface area contributed by atoms with Crippen molar-refractivity contribution in [2.75, 3.05) is 28.6 Å². The van der Waals surface area contributed by atoms with E-state index in [1.807, 2.05) is 115 Å². The average Bonchev–Trinajstić information content (AvgIpc) is 3.62. The van der Waals surface area contributed by atoms with Crippen LogP contribution in [-0.4, -0.2) is 46.8 Å². The van der Waals surface area contributed by atoms with Crippen LogP contribution in [0, 0.1) is 13.8 Å². The van der Waals surface area contributed by atoms with Crippen molar-refractivity contribution >= 4 is 68.7 Å². The molecular weight excluding hydrogens is 1030 g/mol. The van der Waals surface area contributed by atoms with Crippen LogP contribution in [-0.2, 0) is 18.0 Å². The number of pyridine rings is 2. The number of ether oxygens (including phenoxy) is 4. The Bertz CT molecular complexity index is 3760. The highest BCUT2D eigenvalue weighted by molar-refractivity contribution is 6.05. The molecule has 7 aromatic carbocycles. The smallest absolute Gasteiger partial charge is 0.426 e. The van der Waals surface area contributed by atoms with E-state index < -0.39 is 11.7 Å². The summed E-state index contributed by atoms with van der Waals surface area (Å²) < 4.78 is 22.7. The molecule has 0 atom stereocenters. The molecule has 9 aromatic rings. The Balaban J connectivity index is 0.000000215. The third-order valence-electron chi connectivity index (χ3n) is 13.2. The third-order valence-corrected chi connectivity index (χ3v) is 13.2. The van der Waals surface area contributed by atoms with Gasteiger partial charge in [-0.05, 0) is 158 Å². The molecule has 2 heterocycles. The number of carbonyl (C=O) groups excluding carboxylic acids is 3. The van der Waals surface area contributed by atoms with Gasteiger partial charge in [0.25, 0.3) is 11.8 Å². The van der Waals surface area contributed by atoms with Crippen molar-refractivity contribution in [3.8, 4) is 17.2 Å². The SMILES string of the molecule is COc1cccc(/C=N/Nc2ncc(COc3cccc(C(=O)Nc4ccc(C(C)C)c(C)c4)c3)c3ccccc23)c1.Cc1cc(NC(=O)c2cccc(OCc3cnc(NNC(=O)OC(C)(C)C)c4ccccc34)c2)ccc1C(C)C. The van der Waals surface area contributed by atoms with E-state index in [2.05, 4.69) is 95.7 Å². The van der Waals surface area contributed by atoms with Crippen LogP contribution in [0.25, 0.3) is 21.5 Å². The normalized spacial score (nSPS) is 11.2. The number of anilines is 4. The maximum atomic E-state index is 13.0. The molecule has 9 rings (SSSR count). The molecule has 0 unspecified atom stereocenters. The number of hydrazine groups is 1. The van der Waals surface area contributed by atoms with Crippen molar-refractivity contribution in [3.05, 3.63) is 220 Å². The highest BCUT2D eigenvalue weighted by Crippen LogP contribution is 2.30. The molecule has 5 N–H and O–H groups in total. The van der Waals surface area contributed by atoms with Gasteiger partial charge >= 0.3 is 6.09 Å². The Kier molecular flexibility index (Phi) is 19.2. The van der Waals surface area contributed by atoms with E-state index in [0.717, 1.165) is 66.5 Å². The molecule has 15 nitrogen and oxygen atoms in total. The fraction of sp³-hybridized carbons (Fsp3) is 0.224. The predicted molar refractivity (Wildman–Crippen MR) is 329 cm³/mol. The Labute approximate surface area is 479 Å². The van der Waals surface area contributed by atoms with Gasteiger partial charge in [0.1, 0.15) is 36.1 Å². The number of fused-ring (bicyclic) bond motifs is 2. The highest BCUT2D eigenvalue weighted by Gasteiger charge is 2.18. The number of methoxy groups -OCH3 is 1. The fourth-order valence-electron chi connectivity index (χ4n) is 9.21. The molecule has 2 aromatic heterocycles. The van der Waals surface area contributed by atoms with Crippen LogP contribution in [0.2, 0.25) is 0 Å². The first kappa shape index (κ1) is 58.4. The summed E-state index contributed by atoms with van der Waals surface area (Å²) in [6.45, 7) is 18.7. The first-order valence-electron chi connectivity index (χ1n) is 27.1. The summed E-state index contributed by atoms with van der Waals surface area (Å²) >= 11 is 0. The van der Waals surface area contributed by atoms with E-state index in [1.54, 1.807) is 76.8 Å². The Morgan fingerprint density at radius 3 is 1.52 bits per heavy atom. The van der Waals surface area contributed by atoms with E-state index in [1.165, 1.54) is 11.1 Å². The number of hydrogen-bond acceptors (Lipinski definition) is 12. The third kappa shape index (κ3) is 15.7. The average molecular weight is 1100 g/mol. The van der Waals surface area contributed by atoms with Gasteiger partial charge in [0.05, 0.1) is 13.3 Å². The number of nitrogens with one attached hydrogen (secondary N) is 5. The molecular formula is C67H70N8O7. The molecule has 0 fully saturated rings. The van der Waals surface area contributed by atoms with Crippen LogP contribution in [0.5, 0.6) is 17.2 Å². The van der Waals surface area contributed by atoms with Gasteiger partial charge in [0.15, 0.2) is 11.6 Å². The first-order chi connectivity index (χ1) is 39.4. The number of aromatic nitrogens is 2. The van der Waals surface area contributed by atoms with Gasteiger partial charge in [-0.3, -0.25) is 20.4 Å². The van der Waals surface area contributed by atoms with Crippen molar-refractivity contribution < 1.29 is 33.3 Å². The number of aryl methyl sites for hydroxylation is 2. The Morgan fingerprint density at radius 1 is 0.561 bits per heavy atom. The summed E-state index contributed by atoms with van der Waals surface area (Å²) in [5.74, 6) is 3.53. The van der Waals surface area contributed by atoms with E-state index >= 15 is 0 Å². The number of hydrogen-bond donors (Lipinski definition) is 5. The summed E-state index contributed by atoms with van der Waals surface area (Å²) in [5, 5.41) is 14.0. The van der Waals surface area contributed by atoms with E-state index in [-0.39, 0.29) is 18.4 Å². The van der Waals surface area contributed by atoms with Gasteiger partial charge < -0.3 is 29.6 Å². The van der Waals surface area contributed by atoms with Crippen molar-refractivity contribution in [2.24, 2.45) is 5.10 Å². The molecule has 0 aliphatic rings. The van der Waals surface area contributed by atoms with Crippen LogP contribution in [0.15, 0.2) is 175 Å². The number of carbonyl (C=O) groups is 3. The number of hydrazone groups is 1. The second-order valence-electron chi connectivity index (χ2n) is 21.2. The number of rotatable bonds is 18. The lowest BCUT2D eigenvalue weighted by Crippen LogP contribution is -2.36. The van der Waals surface area contributed by atoms with Gasteiger partial charge in [0.2, 0.25) is 0 Å². The van der Waals surface area contributed by atoms with Gasteiger partial charge in [-0.15, -0.1) is 0 Å². The maximum absolute atomic E-state index is 13.0. The largest absolute Gasteiger partial charge is 0.497 e. The molecule has 3 amide bonds. The monoisotopic (exact) mass is 1100 g/mol. The summed E-state index contributed by atoms with van der Waals surface area (Å²) in [4.78, 5) is 47.1. The van der Waals surface area contributed by atoms with E-state index in [0.29, 0.717) is 52.7 Å². The lowest BCUT2D eigenvalue weighted by molar-refractivity contribution is 0.0540. The molecule has 15 heteroatoms.